The van der Waals surface area contributed by atoms with Crippen molar-refractivity contribution in [3.05, 3.63) is 76.2 Å². The monoisotopic (exact) mass is 517 g/mol. The van der Waals surface area contributed by atoms with E-state index in [1.165, 1.54) is 16.2 Å². The average molecular weight is 518 g/mol. The topological polar surface area (TPSA) is 110 Å². The Labute approximate surface area is 218 Å². The summed E-state index contributed by atoms with van der Waals surface area (Å²) in [5, 5.41) is 20.7. The van der Waals surface area contributed by atoms with Gasteiger partial charge in [0.05, 0.1) is 23.9 Å². The first-order chi connectivity index (χ1) is 17.8. The molecule has 1 amide bonds. The summed E-state index contributed by atoms with van der Waals surface area (Å²) in [5.41, 5.74) is 2.09. The number of aryl methyl sites for hydroxylation is 2. The Hall–Kier alpha value is -4.05. The van der Waals surface area contributed by atoms with Gasteiger partial charge in [0.2, 0.25) is 5.13 Å². The average Bonchev–Trinajstić information content (AvgIpc) is 3.51. The van der Waals surface area contributed by atoms with Gasteiger partial charge in [-0.1, -0.05) is 43.4 Å². The Morgan fingerprint density at radius 3 is 2.68 bits per heavy atom. The maximum atomic E-state index is 13.5. The fourth-order valence-electron chi connectivity index (χ4n) is 4.44. The highest BCUT2D eigenvalue weighted by Crippen LogP contribution is 2.43. The number of amides is 1. The SMILES string of the molecule is Cc1nnc(N2C(=O)C(=O)/C(=C(/O)c3c(C)nc4ccccn34)C2c2cccc(OCCC(C)C)c2)s1. The zero-order valence-corrected chi connectivity index (χ0v) is 21.8. The van der Waals surface area contributed by atoms with Crippen LogP contribution in [0.25, 0.3) is 11.4 Å². The number of aliphatic hydroxyl groups is 1. The number of ketones is 1. The molecule has 0 bridgehead atoms. The molecule has 1 aliphatic rings. The molecule has 0 aliphatic carbocycles. The van der Waals surface area contributed by atoms with Gasteiger partial charge in [-0.3, -0.25) is 18.9 Å². The molecule has 5 rings (SSSR count). The van der Waals surface area contributed by atoms with E-state index in [9.17, 15) is 14.7 Å². The van der Waals surface area contributed by atoms with E-state index < -0.39 is 17.7 Å². The highest BCUT2D eigenvalue weighted by molar-refractivity contribution is 7.15. The second kappa shape index (κ2) is 9.78. The van der Waals surface area contributed by atoms with Crippen LogP contribution < -0.4 is 9.64 Å². The molecule has 1 saturated heterocycles. The summed E-state index contributed by atoms with van der Waals surface area (Å²) in [6.07, 6.45) is 2.65. The molecule has 10 heteroatoms. The molecular formula is C27H27N5O4S. The second-order valence-corrected chi connectivity index (χ2v) is 10.5. The number of pyridine rings is 1. The highest BCUT2D eigenvalue weighted by atomic mass is 32.1. The quantitative estimate of drug-likeness (QED) is 0.212. The van der Waals surface area contributed by atoms with Gasteiger partial charge in [-0.05, 0) is 56.0 Å². The van der Waals surface area contributed by atoms with E-state index in [0.29, 0.717) is 45.9 Å². The van der Waals surface area contributed by atoms with Crippen molar-refractivity contribution in [3.8, 4) is 5.75 Å². The van der Waals surface area contributed by atoms with E-state index in [4.69, 9.17) is 4.74 Å². The number of benzene rings is 1. The Bertz CT molecular complexity index is 1540. The van der Waals surface area contributed by atoms with Gasteiger partial charge in [-0.25, -0.2) is 4.98 Å². The van der Waals surface area contributed by atoms with E-state index in [1.807, 2.05) is 30.3 Å². The van der Waals surface area contributed by atoms with Crippen LogP contribution in [0, 0.1) is 19.8 Å². The first kappa shape index (κ1) is 24.6. The van der Waals surface area contributed by atoms with Crippen LogP contribution in [0.4, 0.5) is 5.13 Å². The predicted molar refractivity (Wildman–Crippen MR) is 141 cm³/mol. The Morgan fingerprint density at radius 2 is 1.95 bits per heavy atom. The van der Waals surface area contributed by atoms with E-state index in [2.05, 4.69) is 29.0 Å². The minimum absolute atomic E-state index is 0.0362. The van der Waals surface area contributed by atoms with E-state index in [1.54, 1.807) is 36.6 Å². The van der Waals surface area contributed by atoms with Gasteiger partial charge in [0.25, 0.3) is 5.78 Å². The molecular weight excluding hydrogens is 490 g/mol. The molecule has 1 aliphatic heterocycles. The van der Waals surface area contributed by atoms with E-state index in [-0.39, 0.29) is 16.5 Å². The van der Waals surface area contributed by atoms with Crippen LogP contribution >= 0.6 is 11.3 Å². The maximum Gasteiger partial charge on any atom is 0.301 e. The molecule has 4 heterocycles. The van der Waals surface area contributed by atoms with Crippen LogP contribution in [0.2, 0.25) is 0 Å². The van der Waals surface area contributed by atoms with Crippen LogP contribution in [0.15, 0.2) is 54.2 Å². The van der Waals surface area contributed by atoms with Crippen molar-refractivity contribution < 1.29 is 19.4 Å². The molecule has 0 saturated carbocycles. The van der Waals surface area contributed by atoms with Crippen molar-refractivity contribution in [2.45, 2.75) is 40.2 Å². The maximum absolute atomic E-state index is 13.5. The third-order valence-electron chi connectivity index (χ3n) is 6.23. The number of carbonyl (C=O) groups excluding carboxylic acids is 2. The van der Waals surface area contributed by atoms with Crippen molar-refractivity contribution in [1.29, 1.82) is 0 Å². The van der Waals surface area contributed by atoms with Gasteiger partial charge in [-0.2, -0.15) is 0 Å². The largest absolute Gasteiger partial charge is 0.505 e. The molecule has 1 N–H and O–H groups in total. The van der Waals surface area contributed by atoms with Crippen molar-refractivity contribution in [2.75, 3.05) is 11.5 Å². The first-order valence-electron chi connectivity index (χ1n) is 12.0. The molecule has 1 unspecified atom stereocenters. The normalized spacial score (nSPS) is 17.3. The number of nitrogens with zero attached hydrogens (tertiary/aromatic N) is 5. The summed E-state index contributed by atoms with van der Waals surface area (Å²) in [5.74, 6) is -0.769. The summed E-state index contributed by atoms with van der Waals surface area (Å²) in [4.78, 5) is 32.7. The molecule has 190 valence electrons. The van der Waals surface area contributed by atoms with Gasteiger partial charge >= 0.3 is 5.91 Å². The lowest BCUT2D eigenvalue weighted by atomic mass is 9.96. The van der Waals surface area contributed by atoms with Crippen LogP contribution in [0.1, 0.15) is 48.3 Å². The number of aromatic nitrogens is 4. The molecule has 9 nitrogen and oxygen atoms in total. The lowest BCUT2D eigenvalue weighted by molar-refractivity contribution is -0.132. The van der Waals surface area contributed by atoms with Gasteiger partial charge < -0.3 is 9.84 Å². The number of anilines is 1. The van der Waals surface area contributed by atoms with Gasteiger partial charge in [0.1, 0.15) is 22.1 Å². The minimum atomic E-state index is -0.922. The predicted octanol–water partition coefficient (Wildman–Crippen LogP) is 4.85. The molecule has 1 atom stereocenters. The molecule has 37 heavy (non-hydrogen) atoms. The Morgan fingerprint density at radius 1 is 1.14 bits per heavy atom. The van der Waals surface area contributed by atoms with Crippen LogP contribution in [0.3, 0.4) is 0 Å². The number of rotatable bonds is 7. The molecule has 0 spiro atoms. The number of carbonyl (C=O) groups is 2. The van der Waals surface area contributed by atoms with Crippen LogP contribution in [-0.2, 0) is 9.59 Å². The lowest BCUT2D eigenvalue weighted by Gasteiger charge is -2.23. The first-order valence-corrected chi connectivity index (χ1v) is 12.9. The second-order valence-electron chi connectivity index (χ2n) is 9.35. The minimum Gasteiger partial charge on any atom is -0.505 e. The van der Waals surface area contributed by atoms with E-state index >= 15 is 0 Å². The van der Waals surface area contributed by atoms with Gasteiger partial charge in [0.15, 0.2) is 5.76 Å². The summed E-state index contributed by atoms with van der Waals surface area (Å²) < 4.78 is 7.66. The number of imidazole rings is 1. The summed E-state index contributed by atoms with van der Waals surface area (Å²) in [7, 11) is 0. The number of hydrogen-bond acceptors (Lipinski definition) is 8. The van der Waals surface area contributed by atoms with Gasteiger partial charge in [0, 0.05) is 6.20 Å². The molecule has 1 fully saturated rings. The zero-order chi connectivity index (χ0) is 26.3. The molecule has 0 radical (unpaired) electrons. The standard InChI is InChI=1S/C27H27N5O4S/c1-15(2)11-13-36-19-9-7-8-18(14-19)23-21(25(34)26(35)32(23)27-30-29-17(4)37-27)24(33)22-16(3)28-20-10-5-6-12-31(20)22/h5-10,12,14-15,23,33H,11,13H2,1-4H3/b24-21+. The smallest absolute Gasteiger partial charge is 0.301 e. The summed E-state index contributed by atoms with van der Waals surface area (Å²) in [6.45, 7) is 8.32. The fraction of sp³-hybridized carbons (Fsp3) is 0.296. The fourth-order valence-corrected chi connectivity index (χ4v) is 5.16. The third kappa shape index (κ3) is 4.48. The number of Topliss-reactive ketones (excluding diaryl/α,β-unsaturated/α-hetero) is 1. The molecule has 4 aromatic rings. The van der Waals surface area contributed by atoms with Crippen molar-refractivity contribution in [3.63, 3.8) is 0 Å². The van der Waals surface area contributed by atoms with Crippen molar-refractivity contribution in [1.82, 2.24) is 19.6 Å². The van der Waals surface area contributed by atoms with Crippen molar-refractivity contribution in [2.24, 2.45) is 5.92 Å². The van der Waals surface area contributed by atoms with Crippen molar-refractivity contribution >= 4 is 39.6 Å². The zero-order valence-electron chi connectivity index (χ0n) is 21.0. The number of fused-ring (bicyclic) bond motifs is 1. The highest BCUT2D eigenvalue weighted by Gasteiger charge is 2.48. The van der Waals surface area contributed by atoms with Crippen LogP contribution in [0.5, 0.6) is 5.75 Å². The number of hydrogen-bond donors (Lipinski definition) is 1. The van der Waals surface area contributed by atoms with Crippen LogP contribution in [-0.4, -0.2) is 43.0 Å². The Kier molecular flexibility index (Phi) is 6.51. The van der Waals surface area contributed by atoms with E-state index in [0.717, 1.165) is 6.42 Å². The number of aliphatic hydroxyl groups excluding tert-OH is 1. The lowest BCUT2D eigenvalue weighted by Crippen LogP contribution is -2.29. The van der Waals surface area contributed by atoms with Gasteiger partial charge in [-0.15, -0.1) is 10.2 Å². The Balaban J connectivity index is 1.68. The number of ether oxygens (including phenoxy) is 1. The third-order valence-corrected chi connectivity index (χ3v) is 7.07. The molecule has 1 aromatic carbocycles. The summed E-state index contributed by atoms with van der Waals surface area (Å²) >= 11 is 1.21. The molecule has 3 aromatic heterocycles. The summed E-state index contributed by atoms with van der Waals surface area (Å²) in [6, 6.07) is 11.8.